The van der Waals surface area contributed by atoms with Gasteiger partial charge in [0.25, 0.3) is 0 Å². The van der Waals surface area contributed by atoms with Crippen LogP contribution < -0.4 is 5.73 Å². The quantitative estimate of drug-likeness (QED) is 0.839. The van der Waals surface area contributed by atoms with Gasteiger partial charge in [-0.25, -0.2) is 5.01 Å². The van der Waals surface area contributed by atoms with Gasteiger partial charge in [-0.3, -0.25) is 5.01 Å². The smallest absolute Gasteiger partial charge is 0.171 e. The van der Waals surface area contributed by atoms with E-state index in [9.17, 15) is 0 Å². The van der Waals surface area contributed by atoms with E-state index in [0.29, 0.717) is 6.04 Å². The Kier molecular flexibility index (Phi) is 2.97. The summed E-state index contributed by atoms with van der Waals surface area (Å²) in [6.45, 7) is 6.37. The summed E-state index contributed by atoms with van der Waals surface area (Å²) in [5.41, 5.74) is 8.90. The molecule has 0 radical (unpaired) electrons. The molecule has 2 aliphatic rings. The molecule has 3 rings (SSSR count). The number of allylic oxidation sites excluding steroid dienone is 2. The first-order chi connectivity index (χ1) is 9.58. The molecular weight excluding hydrogens is 250 g/mol. The largest absolute Gasteiger partial charge is 0.399 e. The third-order valence-corrected chi connectivity index (χ3v) is 3.46. The number of anilines is 1. The number of fused-ring (bicyclic) bond motifs is 1. The first-order valence-corrected chi connectivity index (χ1v) is 6.85. The van der Waals surface area contributed by atoms with Crippen molar-refractivity contribution in [1.29, 1.82) is 0 Å². The maximum absolute atomic E-state index is 5.91. The van der Waals surface area contributed by atoms with Crippen LogP contribution in [0.1, 0.15) is 26.3 Å². The number of benzene rings is 1. The molecule has 1 atom stereocenters. The van der Waals surface area contributed by atoms with Crippen molar-refractivity contribution in [2.75, 3.05) is 5.73 Å². The zero-order valence-corrected chi connectivity index (χ0v) is 12.0. The van der Waals surface area contributed by atoms with Crippen LogP contribution in [0.5, 0.6) is 0 Å². The van der Waals surface area contributed by atoms with Crippen LogP contribution in [0, 0.1) is 0 Å². The van der Waals surface area contributed by atoms with Crippen molar-refractivity contribution >= 4 is 11.4 Å². The Hall–Kier alpha value is -2.30. The highest BCUT2D eigenvalue weighted by atomic mass is 15.7. The van der Waals surface area contributed by atoms with Gasteiger partial charge in [0.15, 0.2) is 12.0 Å². The van der Waals surface area contributed by atoms with Gasteiger partial charge in [0, 0.05) is 17.3 Å². The van der Waals surface area contributed by atoms with Gasteiger partial charge in [0.05, 0.1) is 5.70 Å². The Morgan fingerprint density at radius 2 is 2.05 bits per heavy atom. The molecule has 5 nitrogen and oxygen atoms in total. The molecule has 20 heavy (non-hydrogen) atoms. The van der Waals surface area contributed by atoms with Crippen molar-refractivity contribution in [2.45, 2.75) is 33.0 Å². The van der Waals surface area contributed by atoms with E-state index in [1.165, 1.54) is 0 Å². The lowest BCUT2D eigenvalue weighted by molar-refractivity contribution is 0.0221. The summed E-state index contributed by atoms with van der Waals surface area (Å²) in [5, 5.41) is 12.8. The van der Waals surface area contributed by atoms with Crippen molar-refractivity contribution in [1.82, 2.24) is 10.0 Å². The molecule has 1 unspecified atom stereocenters. The van der Waals surface area contributed by atoms with Crippen LogP contribution >= 0.6 is 0 Å². The molecule has 1 aromatic rings. The number of rotatable bonds is 2. The lowest BCUT2D eigenvalue weighted by Gasteiger charge is -2.42. The van der Waals surface area contributed by atoms with Crippen LogP contribution in [-0.4, -0.2) is 22.2 Å². The predicted molar refractivity (Wildman–Crippen MR) is 80.0 cm³/mol. The summed E-state index contributed by atoms with van der Waals surface area (Å²) < 4.78 is 0. The van der Waals surface area contributed by atoms with Gasteiger partial charge in [-0.05, 0) is 45.1 Å². The van der Waals surface area contributed by atoms with Gasteiger partial charge in [0.2, 0.25) is 0 Å². The van der Waals surface area contributed by atoms with Crippen molar-refractivity contribution in [2.24, 2.45) is 10.2 Å². The molecule has 2 N–H and O–H groups in total. The average Bonchev–Trinajstić information content (AvgIpc) is 2.79. The van der Waals surface area contributed by atoms with E-state index in [1.54, 1.807) is 0 Å². The Morgan fingerprint density at radius 1 is 1.25 bits per heavy atom. The summed E-state index contributed by atoms with van der Waals surface area (Å²) in [6.07, 6.45) is 4.11. The molecule has 0 aromatic heterocycles. The highest BCUT2D eigenvalue weighted by molar-refractivity contribution is 5.69. The summed E-state index contributed by atoms with van der Waals surface area (Å²) in [6, 6.07) is 8.25. The third kappa shape index (κ3) is 1.95. The Labute approximate surface area is 119 Å². The van der Waals surface area contributed by atoms with Gasteiger partial charge in [-0.15, -0.1) is 5.11 Å². The van der Waals surface area contributed by atoms with Crippen LogP contribution in [0.15, 0.2) is 52.5 Å². The first-order valence-electron chi connectivity index (χ1n) is 6.85. The van der Waals surface area contributed by atoms with E-state index >= 15 is 0 Å². The molecule has 0 saturated heterocycles. The topological polar surface area (TPSA) is 57.2 Å². The second kappa shape index (κ2) is 4.67. The maximum Gasteiger partial charge on any atom is 0.171 e. The van der Waals surface area contributed by atoms with Crippen LogP contribution in [0.2, 0.25) is 0 Å². The second-order valence-electron chi connectivity index (χ2n) is 5.33. The summed E-state index contributed by atoms with van der Waals surface area (Å²) >= 11 is 0. The monoisotopic (exact) mass is 269 g/mol. The van der Waals surface area contributed by atoms with Crippen LogP contribution in [0.25, 0.3) is 5.70 Å². The molecule has 0 amide bonds. The van der Waals surface area contributed by atoms with E-state index in [2.05, 4.69) is 46.2 Å². The number of hydrazine groups is 1. The molecule has 0 fully saturated rings. The van der Waals surface area contributed by atoms with Crippen molar-refractivity contribution in [3.05, 3.63) is 47.8 Å². The van der Waals surface area contributed by atoms with Crippen molar-refractivity contribution in [3.63, 3.8) is 0 Å². The Bertz CT molecular complexity index is 614. The fourth-order valence-corrected chi connectivity index (χ4v) is 2.63. The number of hydrogen-bond donors (Lipinski definition) is 1. The zero-order valence-electron chi connectivity index (χ0n) is 12.0. The minimum atomic E-state index is 0.0217. The van der Waals surface area contributed by atoms with Crippen molar-refractivity contribution in [3.8, 4) is 0 Å². The number of nitrogens with two attached hydrogens (primary N) is 1. The normalized spacial score (nSPS) is 21.1. The van der Waals surface area contributed by atoms with Gasteiger partial charge in [0.1, 0.15) is 0 Å². The highest BCUT2D eigenvalue weighted by Gasteiger charge is 2.34. The lowest BCUT2D eigenvalue weighted by atomic mass is 10.1. The molecular formula is C15H19N5. The van der Waals surface area contributed by atoms with Gasteiger partial charge < -0.3 is 5.73 Å². The number of azo groups is 1. The molecule has 2 heterocycles. The molecule has 0 bridgehead atoms. The molecule has 5 heteroatoms. The first kappa shape index (κ1) is 12.7. The average molecular weight is 269 g/mol. The van der Waals surface area contributed by atoms with E-state index in [4.69, 9.17) is 5.73 Å². The third-order valence-electron chi connectivity index (χ3n) is 3.46. The van der Waals surface area contributed by atoms with E-state index in [0.717, 1.165) is 22.8 Å². The number of nitrogen functional groups attached to an aromatic ring is 1. The standard InChI is InChI=1S/C15H19N5/c1-10(2)19-14(12-5-4-6-13(16)9-12)7-8-15-18-17-11(3)20(15)19/h4-11H,16H2,1-3H3. The Balaban J connectivity index is 2.07. The number of nitrogens with zero attached hydrogens (tertiary/aromatic N) is 4. The van der Waals surface area contributed by atoms with E-state index < -0.39 is 0 Å². The summed E-state index contributed by atoms with van der Waals surface area (Å²) in [5.74, 6) is 0.888. The van der Waals surface area contributed by atoms with Gasteiger partial charge in [-0.1, -0.05) is 12.1 Å². The van der Waals surface area contributed by atoms with Gasteiger partial charge >= 0.3 is 0 Å². The zero-order chi connectivity index (χ0) is 14.3. The fourth-order valence-electron chi connectivity index (χ4n) is 2.63. The number of hydrogen-bond acceptors (Lipinski definition) is 5. The Morgan fingerprint density at radius 3 is 2.75 bits per heavy atom. The predicted octanol–water partition coefficient (Wildman–Crippen LogP) is 3.20. The molecule has 0 saturated carbocycles. The lowest BCUT2D eigenvalue weighted by Crippen LogP contribution is -2.47. The van der Waals surface area contributed by atoms with Crippen molar-refractivity contribution < 1.29 is 0 Å². The molecule has 0 aliphatic carbocycles. The van der Waals surface area contributed by atoms with Crippen LogP contribution in [0.3, 0.4) is 0 Å². The van der Waals surface area contributed by atoms with E-state index in [1.807, 2.05) is 31.2 Å². The van der Waals surface area contributed by atoms with Crippen LogP contribution in [0.4, 0.5) is 5.69 Å². The minimum Gasteiger partial charge on any atom is -0.399 e. The molecule has 0 spiro atoms. The maximum atomic E-state index is 5.91. The highest BCUT2D eigenvalue weighted by Crippen LogP contribution is 2.35. The fraction of sp³-hybridized carbons (Fsp3) is 0.333. The second-order valence-corrected chi connectivity index (χ2v) is 5.33. The molecule has 1 aromatic carbocycles. The van der Waals surface area contributed by atoms with E-state index in [-0.39, 0.29) is 6.17 Å². The van der Waals surface area contributed by atoms with Gasteiger partial charge in [-0.2, -0.15) is 5.11 Å². The molecule has 104 valence electrons. The van der Waals surface area contributed by atoms with Crippen LogP contribution in [-0.2, 0) is 0 Å². The summed E-state index contributed by atoms with van der Waals surface area (Å²) in [4.78, 5) is 0. The summed E-state index contributed by atoms with van der Waals surface area (Å²) in [7, 11) is 0. The molecule has 2 aliphatic heterocycles. The minimum absolute atomic E-state index is 0.0217. The SMILES string of the molecule is CC(C)N1C(c2cccc(N)c2)=CC=C2N=NC(C)N21.